The average Bonchev–Trinajstić information content (AvgIpc) is 2.75. The molecule has 0 amide bonds. The summed E-state index contributed by atoms with van der Waals surface area (Å²) >= 11 is 7.91. The highest BCUT2D eigenvalue weighted by atomic mass is 35.5. The van der Waals surface area contributed by atoms with E-state index in [1.165, 1.54) is 36.1 Å². The zero-order valence-corrected chi connectivity index (χ0v) is 14.4. The molecule has 2 nitrogen and oxygen atoms in total. The molecule has 0 saturated carbocycles. The Bertz CT molecular complexity index is 491. The molecule has 1 fully saturated rings. The van der Waals surface area contributed by atoms with Gasteiger partial charge in [-0.2, -0.15) is 0 Å². The maximum absolute atomic E-state index is 6.16. The van der Waals surface area contributed by atoms with E-state index in [0.29, 0.717) is 12.1 Å². The first kappa shape index (κ1) is 14.8. The fourth-order valence-corrected chi connectivity index (χ4v) is 5.58. The Labute approximate surface area is 131 Å². The highest BCUT2D eigenvalue weighted by Crippen LogP contribution is 2.40. The molecule has 4 heteroatoms. The van der Waals surface area contributed by atoms with Gasteiger partial charge in [-0.3, -0.25) is 0 Å². The lowest BCUT2D eigenvalue weighted by Crippen LogP contribution is -2.61. The fraction of sp³-hybridized carbons (Fsp3) is 0.750. The first-order chi connectivity index (χ1) is 9.24. The monoisotopic (exact) mass is 312 g/mol. The number of halogens is 1. The number of fused-ring (bicyclic) bond motifs is 1. The van der Waals surface area contributed by atoms with Gasteiger partial charge in [0.15, 0.2) is 0 Å². The van der Waals surface area contributed by atoms with Crippen LogP contribution in [0.4, 0.5) is 0 Å². The SMILES string of the molecule is CC1(C)CC(NC2CCc3sc(Cl)cc32)CC(C)(C)N1. The van der Waals surface area contributed by atoms with Gasteiger partial charge in [-0.25, -0.2) is 0 Å². The molecule has 1 unspecified atom stereocenters. The van der Waals surface area contributed by atoms with E-state index in [2.05, 4.69) is 44.4 Å². The van der Waals surface area contributed by atoms with E-state index in [4.69, 9.17) is 11.6 Å². The molecule has 2 aliphatic rings. The molecule has 0 bridgehead atoms. The normalized spacial score (nSPS) is 28.6. The number of aryl methyl sites for hydroxylation is 1. The number of nitrogens with one attached hydrogen (secondary N) is 2. The molecule has 1 aromatic heterocycles. The number of hydrogen-bond acceptors (Lipinski definition) is 3. The second-order valence-corrected chi connectivity index (χ2v) is 9.45. The summed E-state index contributed by atoms with van der Waals surface area (Å²) in [6, 6.07) is 3.25. The van der Waals surface area contributed by atoms with Gasteiger partial charge in [-0.05, 0) is 65.0 Å². The van der Waals surface area contributed by atoms with Crippen molar-refractivity contribution in [1.29, 1.82) is 0 Å². The third kappa shape index (κ3) is 3.06. The summed E-state index contributed by atoms with van der Waals surface area (Å²) < 4.78 is 0.937. The van der Waals surface area contributed by atoms with Crippen molar-refractivity contribution in [2.45, 2.75) is 76.5 Å². The molecule has 3 rings (SSSR count). The molecule has 2 heterocycles. The molecule has 20 heavy (non-hydrogen) atoms. The predicted octanol–water partition coefficient (Wildman–Crippen LogP) is 4.29. The van der Waals surface area contributed by atoms with Gasteiger partial charge in [0.2, 0.25) is 0 Å². The smallest absolute Gasteiger partial charge is 0.0934 e. The van der Waals surface area contributed by atoms with E-state index in [9.17, 15) is 0 Å². The Balaban J connectivity index is 1.72. The van der Waals surface area contributed by atoms with Crippen molar-refractivity contribution in [2.24, 2.45) is 0 Å². The third-order valence-electron chi connectivity index (χ3n) is 4.47. The molecule has 1 aliphatic carbocycles. The van der Waals surface area contributed by atoms with Crippen LogP contribution in [-0.2, 0) is 6.42 Å². The van der Waals surface area contributed by atoms with Gasteiger partial charge in [-0.1, -0.05) is 11.6 Å². The Morgan fingerprint density at radius 2 is 1.90 bits per heavy atom. The first-order valence-electron chi connectivity index (χ1n) is 7.58. The first-order valence-corrected chi connectivity index (χ1v) is 8.77. The average molecular weight is 313 g/mol. The van der Waals surface area contributed by atoms with E-state index >= 15 is 0 Å². The van der Waals surface area contributed by atoms with E-state index < -0.39 is 0 Å². The lowest BCUT2D eigenvalue weighted by Gasteiger charge is -2.47. The van der Waals surface area contributed by atoms with Crippen molar-refractivity contribution >= 4 is 22.9 Å². The van der Waals surface area contributed by atoms with Crippen LogP contribution in [0.3, 0.4) is 0 Å². The van der Waals surface area contributed by atoms with Gasteiger partial charge in [0.1, 0.15) is 0 Å². The van der Waals surface area contributed by atoms with Crippen LogP contribution >= 0.6 is 22.9 Å². The molecule has 1 saturated heterocycles. The maximum atomic E-state index is 6.16. The van der Waals surface area contributed by atoms with Crippen molar-refractivity contribution in [3.8, 4) is 0 Å². The minimum Gasteiger partial charge on any atom is -0.307 e. The van der Waals surface area contributed by atoms with Crippen molar-refractivity contribution in [2.75, 3.05) is 0 Å². The highest BCUT2D eigenvalue weighted by Gasteiger charge is 2.39. The summed E-state index contributed by atoms with van der Waals surface area (Å²) in [5.41, 5.74) is 1.86. The minimum atomic E-state index is 0.202. The molecule has 112 valence electrons. The van der Waals surface area contributed by atoms with Crippen molar-refractivity contribution in [3.63, 3.8) is 0 Å². The van der Waals surface area contributed by atoms with Gasteiger partial charge in [-0.15, -0.1) is 11.3 Å². The summed E-state index contributed by atoms with van der Waals surface area (Å²) in [6.07, 6.45) is 4.77. The van der Waals surface area contributed by atoms with Crippen molar-refractivity contribution in [3.05, 3.63) is 20.8 Å². The molecule has 0 radical (unpaired) electrons. The van der Waals surface area contributed by atoms with Crippen LogP contribution in [0, 0.1) is 0 Å². The standard InChI is InChI=1S/C16H25ClN2S/c1-15(2)8-10(9-16(3,4)19-15)18-12-5-6-13-11(12)7-14(17)20-13/h7,10,12,18-19H,5-6,8-9H2,1-4H3. The van der Waals surface area contributed by atoms with Crippen LogP contribution in [0.25, 0.3) is 0 Å². The molecular weight excluding hydrogens is 288 g/mol. The van der Waals surface area contributed by atoms with Gasteiger partial charge in [0.25, 0.3) is 0 Å². The predicted molar refractivity (Wildman–Crippen MR) is 87.8 cm³/mol. The molecule has 1 aliphatic heterocycles. The lowest BCUT2D eigenvalue weighted by atomic mass is 9.79. The van der Waals surface area contributed by atoms with Crippen LogP contribution in [0.1, 0.15) is 63.4 Å². The summed E-state index contributed by atoms with van der Waals surface area (Å²) in [4.78, 5) is 1.49. The van der Waals surface area contributed by atoms with E-state index in [1.54, 1.807) is 11.3 Å². The van der Waals surface area contributed by atoms with Gasteiger partial charge >= 0.3 is 0 Å². The highest BCUT2D eigenvalue weighted by molar-refractivity contribution is 7.16. The minimum absolute atomic E-state index is 0.202. The maximum Gasteiger partial charge on any atom is 0.0934 e. The largest absolute Gasteiger partial charge is 0.307 e. The quantitative estimate of drug-likeness (QED) is 0.851. The van der Waals surface area contributed by atoms with Gasteiger partial charge in [0, 0.05) is 28.0 Å². The lowest BCUT2D eigenvalue weighted by molar-refractivity contribution is 0.139. The van der Waals surface area contributed by atoms with Crippen molar-refractivity contribution in [1.82, 2.24) is 10.6 Å². The molecule has 0 aromatic carbocycles. The summed E-state index contributed by atoms with van der Waals surface area (Å²) in [5.74, 6) is 0. The zero-order chi connectivity index (χ0) is 14.5. The van der Waals surface area contributed by atoms with Crippen LogP contribution in [0.15, 0.2) is 6.07 Å². The molecule has 1 aromatic rings. The van der Waals surface area contributed by atoms with Crippen LogP contribution in [0.5, 0.6) is 0 Å². The number of rotatable bonds is 2. The zero-order valence-electron chi connectivity index (χ0n) is 12.8. The summed E-state index contributed by atoms with van der Waals surface area (Å²) in [6.45, 7) is 9.24. The van der Waals surface area contributed by atoms with E-state index in [-0.39, 0.29) is 11.1 Å². The number of piperidine rings is 1. The Kier molecular flexibility index (Phi) is 3.69. The van der Waals surface area contributed by atoms with Gasteiger partial charge < -0.3 is 10.6 Å². The Morgan fingerprint density at radius 3 is 2.55 bits per heavy atom. The molecule has 2 N–H and O–H groups in total. The van der Waals surface area contributed by atoms with Crippen molar-refractivity contribution < 1.29 is 0 Å². The van der Waals surface area contributed by atoms with Crippen LogP contribution < -0.4 is 10.6 Å². The van der Waals surface area contributed by atoms with E-state index in [0.717, 1.165) is 4.34 Å². The summed E-state index contributed by atoms with van der Waals surface area (Å²) in [7, 11) is 0. The fourth-order valence-electron chi connectivity index (χ4n) is 4.23. The Hall–Kier alpha value is -0.0900. The molecule has 1 atom stereocenters. The Morgan fingerprint density at radius 1 is 1.25 bits per heavy atom. The number of hydrogen-bond donors (Lipinski definition) is 2. The second kappa shape index (κ2) is 4.98. The van der Waals surface area contributed by atoms with Gasteiger partial charge in [0.05, 0.1) is 4.34 Å². The molecular formula is C16H25ClN2S. The van der Waals surface area contributed by atoms with E-state index in [1.807, 2.05) is 0 Å². The summed E-state index contributed by atoms with van der Waals surface area (Å²) in [5, 5.41) is 7.66. The number of thiophene rings is 1. The second-order valence-electron chi connectivity index (χ2n) is 7.68. The molecule has 0 spiro atoms. The topological polar surface area (TPSA) is 24.1 Å². The van der Waals surface area contributed by atoms with Crippen LogP contribution in [0.2, 0.25) is 4.34 Å². The third-order valence-corrected chi connectivity index (χ3v) is 5.81. The van der Waals surface area contributed by atoms with Crippen LogP contribution in [-0.4, -0.2) is 17.1 Å².